The zero-order valence-corrected chi connectivity index (χ0v) is 11.3. The van der Waals surface area contributed by atoms with Crippen molar-refractivity contribution in [2.75, 3.05) is 7.11 Å². The van der Waals surface area contributed by atoms with Gasteiger partial charge in [-0.15, -0.1) is 0 Å². The molecule has 3 nitrogen and oxygen atoms in total. The van der Waals surface area contributed by atoms with Gasteiger partial charge in [-0.05, 0) is 30.2 Å². The Bertz CT molecular complexity index is 838. The quantitative estimate of drug-likeness (QED) is 0.704. The Morgan fingerprint density at radius 2 is 2.32 bits per heavy atom. The molecule has 2 heterocycles. The SMILES string of the molecule is COc1ccc2c(c1)sc1nc(C3=CC=CC3)cn12. The number of methoxy groups -OCH3 is 1. The first kappa shape index (κ1) is 10.8. The molecule has 2 aromatic heterocycles. The third-order valence-corrected chi connectivity index (χ3v) is 4.42. The lowest BCUT2D eigenvalue weighted by Crippen LogP contribution is -1.82. The highest BCUT2D eigenvalue weighted by Gasteiger charge is 2.12. The van der Waals surface area contributed by atoms with Crippen molar-refractivity contribution >= 4 is 32.1 Å². The van der Waals surface area contributed by atoms with E-state index in [0.29, 0.717) is 0 Å². The van der Waals surface area contributed by atoms with Crippen LogP contribution in [-0.2, 0) is 0 Å². The normalized spacial score (nSPS) is 14.5. The van der Waals surface area contributed by atoms with Gasteiger partial charge in [0.25, 0.3) is 0 Å². The molecule has 0 spiro atoms. The molecule has 0 unspecified atom stereocenters. The zero-order chi connectivity index (χ0) is 12.8. The predicted octanol–water partition coefficient (Wildman–Crippen LogP) is 3.90. The summed E-state index contributed by atoms with van der Waals surface area (Å²) >= 11 is 1.70. The van der Waals surface area contributed by atoms with E-state index in [4.69, 9.17) is 9.72 Å². The Morgan fingerprint density at radius 3 is 3.11 bits per heavy atom. The van der Waals surface area contributed by atoms with Crippen LogP contribution in [0.25, 0.3) is 20.8 Å². The number of aromatic nitrogens is 2. The third-order valence-electron chi connectivity index (χ3n) is 3.40. The van der Waals surface area contributed by atoms with E-state index in [9.17, 15) is 0 Å². The van der Waals surface area contributed by atoms with Crippen LogP contribution < -0.4 is 4.74 Å². The van der Waals surface area contributed by atoms with Gasteiger partial charge in [0.1, 0.15) is 5.75 Å². The molecule has 0 saturated heterocycles. The summed E-state index contributed by atoms with van der Waals surface area (Å²) in [5.74, 6) is 0.889. The van der Waals surface area contributed by atoms with E-state index in [-0.39, 0.29) is 0 Å². The number of hydrogen-bond donors (Lipinski definition) is 0. The number of rotatable bonds is 2. The van der Waals surface area contributed by atoms with Crippen LogP contribution in [0.3, 0.4) is 0 Å². The van der Waals surface area contributed by atoms with Gasteiger partial charge in [0.2, 0.25) is 0 Å². The lowest BCUT2D eigenvalue weighted by molar-refractivity contribution is 0.415. The summed E-state index contributed by atoms with van der Waals surface area (Å²) in [6, 6.07) is 6.14. The molecule has 0 fully saturated rings. The fourth-order valence-electron chi connectivity index (χ4n) is 2.40. The molecule has 3 aromatic rings. The lowest BCUT2D eigenvalue weighted by Gasteiger charge is -1.98. The smallest absolute Gasteiger partial charge is 0.195 e. The van der Waals surface area contributed by atoms with Crippen LogP contribution in [0.1, 0.15) is 12.1 Å². The number of ether oxygens (including phenoxy) is 1. The largest absolute Gasteiger partial charge is 0.497 e. The van der Waals surface area contributed by atoms with Crippen molar-refractivity contribution in [2.45, 2.75) is 6.42 Å². The minimum Gasteiger partial charge on any atom is -0.497 e. The summed E-state index contributed by atoms with van der Waals surface area (Å²) in [5.41, 5.74) is 3.55. The van der Waals surface area contributed by atoms with Crippen LogP contribution in [0.4, 0.5) is 0 Å². The molecular formula is C15H12N2OS. The highest BCUT2D eigenvalue weighted by Crippen LogP contribution is 2.31. The van der Waals surface area contributed by atoms with Gasteiger partial charge in [0.15, 0.2) is 4.96 Å². The van der Waals surface area contributed by atoms with Crippen molar-refractivity contribution in [1.29, 1.82) is 0 Å². The van der Waals surface area contributed by atoms with Gasteiger partial charge in [0, 0.05) is 6.20 Å². The maximum atomic E-state index is 5.26. The van der Waals surface area contributed by atoms with E-state index in [1.807, 2.05) is 6.07 Å². The molecule has 0 N–H and O–H groups in total. The molecular weight excluding hydrogens is 256 g/mol. The van der Waals surface area contributed by atoms with Crippen LogP contribution in [-0.4, -0.2) is 16.5 Å². The fourth-order valence-corrected chi connectivity index (χ4v) is 3.44. The first-order valence-corrected chi connectivity index (χ1v) is 6.98. The van der Waals surface area contributed by atoms with Crippen LogP contribution in [0.5, 0.6) is 5.75 Å². The van der Waals surface area contributed by atoms with Gasteiger partial charge < -0.3 is 4.74 Å². The highest BCUT2D eigenvalue weighted by atomic mass is 32.1. The highest BCUT2D eigenvalue weighted by molar-refractivity contribution is 7.23. The van der Waals surface area contributed by atoms with Gasteiger partial charge in [-0.1, -0.05) is 29.6 Å². The van der Waals surface area contributed by atoms with E-state index in [0.717, 1.165) is 22.8 Å². The Morgan fingerprint density at radius 1 is 1.37 bits per heavy atom. The average Bonchev–Trinajstić information content (AvgIpc) is 3.12. The summed E-state index contributed by atoms with van der Waals surface area (Å²) in [7, 11) is 1.69. The number of fused-ring (bicyclic) bond motifs is 3. The number of benzene rings is 1. The molecule has 19 heavy (non-hydrogen) atoms. The van der Waals surface area contributed by atoms with Crippen molar-refractivity contribution in [3.8, 4) is 5.75 Å². The van der Waals surface area contributed by atoms with Crippen molar-refractivity contribution in [2.24, 2.45) is 0 Å². The third kappa shape index (κ3) is 1.60. The number of thiazole rings is 1. The predicted molar refractivity (Wildman–Crippen MR) is 78.9 cm³/mol. The molecule has 94 valence electrons. The van der Waals surface area contributed by atoms with E-state index in [1.165, 1.54) is 15.8 Å². The molecule has 0 atom stereocenters. The summed E-state index contributed by atoms with van der Waals surface area (Å²) in [4.78, 5) is 5.75. The van der Waals surface area contributed by atoms with Crippen LogP contribution >= 0.6 is 11.3 Å². The maximum absolute atomic E-state index is 5.26. The van der Waals surface area contributed by atoms with E-state index in [1.54, 1.807) is 18.4 Å². The average molecular weight is 268 g/mol. The number of nitrogens with zero attached hydrogens (tertiary/aromatic N) is 2. The van der Waals surface area contributed by atoms with Crippen LogP contribution in [0.15, 0.2) is 42.6 Å². The topological polar surface area (TPSA) is 26.5 Å². The van der Waals surface area contributed by atoms with E-state index in [2.05, 4.69) is 41.0 Å². The monoisotopic (exact) mass is 268 g/mol. The zero-order valence-electron chi connectivity index (χ0n) is 10.5. The molecule has 0 radical (unpaired) electrons. The Balaban J connectivity index is 1.91. The Kier molecular flexibility index (Phi) is 2.26. The number of imidazole rings is 1. The van der Waals surface area contributed by atoms with Gasteiger partial charge in [-0.25, -0.2) is 4.98 Å². The molecule has 0 bridgehead atoms. The summed E-state index contributed by atoms with van der Waals surface area (Å²) in [6.07, 6.45) is 9.49. The van der Waals surface area contributed by atoms with Crippen molar-refractivity contribution < 1.29 is 4.74 Å². The second-order valence-electron chi connectivity index (χ2n) is 4.54. The Hall–Kier alpha value is -2.07. The molecule has 1 aliphatic rings. The number of allylic oxidation sites excluding steroid dienone is 4. The van der Waals surface area contributed by atoms with Gasteiger partial charge in [-0.2, -0.15) is 0 Å². The Labute approximate surface area is 114 Å². The van der Waals surface area contributed by atoms with E-state index < -0.39 is 0 Å². The summed E-state index contributed by atoms with van der Waals surface area (Å²) in [6.45, 7) is 0. The first-order chi connectivity index (χ1) is 9.35. The van der Waals surface area contributed by atoms with Crippen molar-refractivity contribution in [3.63, 3.8) is 0 Å². The molecule has 0 amide bonds. The molecule has 1 aromatic carbocycles. The second kappa shape index (κ2) is 3.96. The van der Waals surface area contributed by atoms with Crippen molar-refractivity contribution in [1.82, 2.24) is 9.38 Å². The summed E-state index contributed by atoms with van der Waals surface area (Å²) < 4.78 is 8.62. The number of hydrogen-bond acceptors (Lipinski definition) is 3. The molecule has 0 aliphatic heterocycles. The molecule has 4 heteroatoms. The van der Waals surface area contributed by atoms with Gasteiger partial charge in [0.05, 0.1) is 23.0 Å². The van der Waals surface area contributed by atoms with E-state index >= 15 is 0 Å². The maximum Gasteiger partial charge on any atom is 0.195 e. The minimum atomic E-state index is 0.889. The standard InChI is InChI=1S/C15H12N2OS/c1-18-11-6-7-13-14(8-11)19-15-16-12(9-17(13)15)10-4-2-3-5-10/h2-4,6-9H,5H2,1H3. The first-order valence-electron chi connectivity index (χ1n) is 6.17. The second-order valence-corrected chi connectivity index (χ2v) is 5.55. The summed E-state index contributed by atoms with van der Waals surface area (Å²) in [5, 5.41) is 0. The van der Waals surface area contributed by atoms with Crippen LogP contribution in [0, 0.1) is 0 Å². The minimum absolute atomic E-state index is 0.889. The van der Waals surface area contributed by atoms with Gasteiger partial charge in [-0.3, -0.25) is 4.40 Å². The van der Waals surface area contributed by atoms with Crippen molar-refractivity contribution in [3.05, 3.63) is 48.3 Å². The molecule has 4 rings (SSSR count). The fraction of sp³-hybridized carbons (Fsp3) is 0.133. The van der Waals surface area contributed by atoms with Crippen LogP contribution in [0.2, 0.25) is 0 Å². The lowest BCUT2D eigenvalue weighted by atomic mass is 10.2. The van der Waals surface area contributed by atoms with Gasteiger partial charge >= 0.3 is 0 Å². The molecule has 0 saturated carbocycles. The molecule has 1 aliphatic carbocycles.